The quantitative estimate of drug-likeness (QED) is 0.461. The Labute approximate surface area is 180 Å². The molecule has 1 amide bonds. The van der Waals surface area contributed by atoms with Crippen LogP contribution in [0.25, 0.3) is 0 Å². The van der Waals surface area contributed by atoms with Crippen LogP contribution < -0.4 is 9.62 Å². The summed E-state index contributed by atoms with van der Waals surface area (Å²) in [4.78, 5) is 24.6. The Hall–Kier alpha value is -3.01. The van der Waals surface area contributed by atoms with Crippen molar-refractivity contribution in [1.29, 1.82) is 0 Å². The van der Waals surface area contributed by atoms with Crippen LogP contribution >= 0.6 is 0 Å². The van der Waals surface area contributed by atoms with Crippen molar-refractivity contribution in [3.8, 4) is 0 Å². The molecule has 10 heteroatoms. The number of esters is 1. The molecule has 2 aromatic rings. The van der Waals surface area contributed by atoms with E-state index in [9.17, 15) is 26.8 Å². The van der Waals surface area contributed by atoms with Crippen LogP contribution in [0.4, 0.5) is 20.2 Å². The molecule has 0 bridgehead atoms. The zero-order valence-corrected chi connectivity index (χ0v) is 18.2. The SMILES string of the molecule is CCCCOC(=O)c1ccc(NC(=O)[C@@H](C)N(c2ccc(F)c(F)c2)S(C)(=O)=O)cc1. The lowest BCUT2D eigenvalue weighted by Crippen LogP contribution is -2.45. The molecule has 168 valence electrons. The van der Waals surface area contributed by atoms with Crippen LogP contribution in [-0.2, 0) is 19.6 Å². The van der Waals surface area contributed by atoms with Gasteiger partial charge in [-0.1, -0.05) is 13.3 Å². The summed E-state index contributed by atoms with van der Waals surface area (Å²) in [5.74, 6) is -3.56. The molecule has 1 N–H and O–H groups in total. The minimum atomic E-state index is -3.99. The number of nitrogens with zero attached hydrogens (tertiary/aromatic N) is 1. The number of amides is 1. The molecule has 0 heterocycles. The van der Waals surface area contributed by atoms with Crippen molar-refractivity contribution in [2.45, 2.75) is 32.7 Å². The smallest absolute Gasteiger partial charge is 0.338 e. The van der Waals surface area contributed by atoms with Crippen LogP contribution in [-0.4, -0.2) is 39.2 Å². The number of unbranched alkanes of at least 4 members (excludes halogenated alkanes) is 1. The van der Waals surface area contributed by atoms with Gasteiger partial charge >= 0.3 is 5.97 Å². The van der Waals surface area contributed by atoms with Gasteiger partial charge < -0.3 is 10.1 Å². The molecule has 2 aromatic carbocycles. The molecule has 0 aliphatic heterocycles. The zero-order chi connectivity index (χ0) is 23.2. The van der Waals surface area contributed by atoms with Crippen molar-refractivity contribution in [1.82, 2.24) is 0 Å². The summed E-state index contributed by atoms with van der Waals surface area (Å²) >= 11 is 0. The summed E-state index contributed by atoms with van der Waals surface area (Å²) in [6.07, 6.45) is 2.51. The predicted molar refractivity (Wildman–Crippen MR) is 113 cm³/mol. The van der Waals surface area contributed by atoms with E-state index in [2.05, 4.69) is 5.32 Å². The number of sulfonamides is 1. The third kappa shape index (κ3) is 6.48. The van der Waals surface area contributed by atoms with Crippen LogP contribution in [0, 0.1) is 11.6 Å². The maximum Gasteiger partial charge on any atom is 0.338 e. The van der Waals surface area contributed by atoms with Gasteiger partial charge in [0.05, 0.1) is 24.1 Å². The van der Waals surface area contributed by atoms with E-state index in [1.165, 1.54) is 31.2 Å². The average Bonchev–Trinajstić information content (AvgIpc) is 2.70. The summed E-state index contributed by atoms with van der Waals surface area (Å²) in [7, 11) is -3.99. The minimum Gasteiger partial charge on any atom is -0.462 e. The van der Waals surface area contributed by atoms with Gasteiger partial charge in [0, 0.05) is 11.8 Å². The van der Waals surface area contributed by atoms with E-state index in [-0.39, 0.29) is 5.69 Å². The predicted octanol–water partition coefficient (Wildman–Crippen LogP) is 3.71. The summed E-state index contributed by atoms with van der Waals surface area (Å²) in [6.45, 7) is 3.61. The first-order valence-electron chi connectivity index (χ1n) is 9.57. The Morgan fingerprint density at radius 1 is 1.10 bits per heavy atom. The molecule has 0 saturated heterocycles. The maximum atomic E-state index is 13.6. The second-order valence-electron chi connectivity index (χ2n) is 6.89. The molecule has 0 saturated carbocycles. The molecule has 0 fully saturated rings. The first-order chi connectivity index (χ1) is 14.5. The van der Waals surface area contributed by atoms with E-state index >= 15 is 0 Å². The van der Waals surface area contributed by atoms with Gasteiger partial charge in [-0.25, -0.2) is 22.0 Å². The molecule has 7 nitrogen and oxygen atoms in total. The Kier molecular flexibility index (Phi) is 8.09. The van der Waals surface area contributed by atoms with Crippen molar-refractivity contribution >= 4 is 33.3 Å². The number of anilines is 2. The number of nitrogens with one attached hydrogen (secondary N) is 1. The van der Waals surface area contributed by atoms with E-state index in [1.807, 2.05) is 6.92 Å². The molecular weight excluding hydrogens is 430 g/mol. The van der Waals surface area contributed by atoms with E-state index in [0.29, 0.717) is 28.2 Å². The topological polar surface area (TPSA) is 92.8 Å². The van der Waals surface area contributed by atoms with Crippen molar-refractivity contribution in [2.24, 2.45) is 0 Å². The molecule has 2 rings (SSSR count). The van der Waals surface area contributed by atoms with Crippen molar-refractivity contribution in [2.75, 3.05) is 22.5 Å². The second kappa shape index (κ2) is 10.3. The fraction of sp³-hybridized carbons (Fsp3) is 0.333. The van der Waals surface area contributed by atoms with Crippen molar-refractivity contribution in [3.63, 3.8) is 0 Å². The highest BCUT2D eigenvalue weighted by molar-refractivity contribution is 7.92. The lowest BCUT2D eigenvalue weighted by atomic mass is 10.2. The molecule has 1 atom stereocenters. The Morgan fingerprint density at radius 2 is 1.74 bits per heavy atom. The summed E-state index contributed by atoms with van der Waals surface area (Å²) < 4.78 is 57.1. The van der Waals surface area contributed by atoms with Crippen LogP contribution in [0.1, 0.15) is 37.0 Å². The number of hydrogen-bond donors (Lipinski definition) is 1. The van der Waals surface area contributed by atoms with Gasteiger partial charge in [-0.05, 0) is 49.7 Å². The average molecular weight is 454 g/mol. The van der Waals surface area contributed by atoms with Crippen LogP contribution in [0.5, 0.6) is 0 Å². The van der Waals surface area contributed by atoms with Gasteiger partial charge in [0.15, 0.2) is 11.6 Å². The number of hydrogen-bond acceptors (Lipinski definition) is 5. The van der Waals surface area contributed by atoms with Crippen LogP contribution in [0.15, 0.2) is 42.5 Å². The van der Waals surface area contributed by atoms with E-state index in [1.54, 1.807) is 0 Å². The highest BCUT2D eigenvalue weighted by Gasteiger charge is 2.30. The first kappa shape index (κ1) is 24.3. The lowest BCUT2D eigenvalue weighted by molar-refractivity contribution is -0.116. The Morgan fingerprint density at radius 3 is 2.29 bits per heavy atom. The normalized spacial score (nSPS) is 12.2. The fourth-order valence-corrected chi connectivity index (χ4v) is 3.93. The van der Waals surface area contributed by atoms with Gasteiger partial charge in [0.2, 0.25) is 15.9 Å². The van der Waals surface area contributed by atoms with E-state index in [4.69, 9.17) is 4.74 Å². The molecule has 0 aliphatic rings. The van der Waals surface area contributed by atoms with Gasteiger partial charge in [-0.2, -0.15) is 0 Å². The Balaban J connectivity index is 2.15. The first-order valence-corrected chi connectivity index (χ1v) is 11.4. The largest absolute Gasteiger partial charge is 0.462 e. The van der Waals surface area contributed by atoms with Crippen molar-refractivity contribution in [3.05, 3.63) is 59.7 Å². The van der Waals surface area contributed by atoms with Gasteiger partial charge in [-0.3, -0.25) is 9.10 Å². The molecule has 0 unspecified atom stereocenters. The molecule has 0 radical (unpaired) electrons. The number of benzene rings is 2. The minimum absolute atomic E-state index is 0.186. The highest BCUT2D eigenvalue weighted by Crippen LogP contribution is 2.24. The van der Waals surface area contributed by atoms with Crippen LogP contribution in [0.2, 0.25) is 0 Å². The third-order valence-electron chi connectivity index (χ3n) is 4.37. The fourth-order valence-electron chi connectivity index (χ4n) is 2.76. The summed E-state index contributed by atoms with van der Waals surface area (Å²) in [6, 6.07) is 7.19. The van der Waals surface area contributed by atoms with Crippen molar-refractivity contribution < 1.29 is 31.5 Å². The van der Waals surface area contributed by atoms with Gasteiger partial charge in [0.25, 0.3) is 0 Å². The molecule has 0 spiro atoms. The highest BCUT2D eigenvalue weighted by atomic mass is 32.2. The molecule has 31 heavy (non-hydrogen) atoms. The monoisotopic (exact) mass is 454 g/mol. The second-order valence-corrected chi connectivity index (χ2v) is 8.75. The van der Waals surface area contributed by atoms with E-state index in [0.717, 1.165) is 31.2 Å². The summed E-state index contributed by atoms with van der Waals surface area (Å²) in [5.41, 5.74) is 0.441. The van der Waals surface area contributed by atoms with E-state index < -0.39 is 39.6 Å². The Bertz CT molecular complexity index is 1040. The maximum absolute atomic E-state index is 13.6. The number of carbonyl (C=O) groups is 2. The van der Waals surface area contributed by atoms with Gasteiger partial charge in [-0.15, -0.1) is 0 Å². The standard InChI is InChI=1S/C21H24F2N2O5S/c1-4-5-12-30-21(27)15-6-8-16(9-7-15)24-20(26)14(2)25(31(3,28)29)17-10-11-18(22)19(23)13-17/h6-11,13-14H,4-5,12H2,1-3H3,(H,24,26)/t14-/m1/s1. The molecular formula is C21H24F2N2O5S. The zero-order valence-electron chi connectivity index (χ0n) is 17.4. The summed E-state index contributed by atoms with van der Waals surface area (Å²) in [5, 5.41) is 2.54. The van der Waals surface area contributed by atoms with Crippen LogP contribution in [0.3, 0.4) is 0 Å². The molecule has 0 aliphatic carbocycles. The third-order valence-corrected chi connectivity index (χ3v) is 5.61. The number of rotatable bonds is 9. The molecule has 0 aromatic heterocycles. The number of carbonyl (C=O) groups excluding carboxylic acids is 2. The van der Waals surface area contributed by atoms with Gasteiger partial charge in [0.1, 0.15) is 6.04 Å². The number of halogens is 2. The lowest BCUT2D eigenvalue weighted by Gasteiger charge is -2.28. The number of ether oxygens (including phenoxy) is 1.